The molecule has 0 fully saturated rings. The van der Waals surface area contributed by atoms with Crippen molar-refractivity contribution in [1.29, 1.82) is 0 Å². The minimum absolute atomic E-state index is 0.00625. The lowest BCUT2D eigenvalue weighted by Gasteiger charge is -2.07. The molecule has 8 nitrogen and oxygen atoms in total. The Kier molecular flexibility index (Phi) is 5.07. The molecule has 0 saturated heterocycles. The van der Waals surface area contributed by atoms with Crippen LogP contribution in [-0.2, 0) is 7.05 Å². The third-order valence-electron chi connectivity index (χ3n) is 3.87. The molecule has 0 aliphatic heterocycles. The van der Waals surface area contributed by atoms with Crippen LogP contribution in [0.25, 0.3) is 0 Å². The van der Waals surface area contributed by atoms with Crippen molar-refractivity contribution in [2.24, 2.45) is 12.0 Å². The number of anilines is 1. The van der Waals surface area contributed by atoms with Crippen molar-refractivity contribution in [2.75, 3.05) is 5.32 Å². The lowest BCUT2D eigenvalue weighted by atomic mass is 10.2. The molecule has 0 saturated carbocycles. The second-order valence-corrected chi connectivity index (χ2v) is 5.93. The Morgan fingerprint density at radius 1 is 1.26 bits per heavy atom. The number of nitrogens with one attached hydrogen (secondary N) is 1. The van der Waals surface area contributed by atoms with E-state index in [0.29, 0.717) is 22.6 Å². The standard InChI is InChI=1S/C19H17N5O3/c1-13-4-3-5-15(10-13)22-19(25)18-17(12-21-23(18)2)20-11-14-6-8-16(9-7-14)24(26)27/h3-12H,1-2H3,(H,22,25). The van der Waals surface area contributed by atoms with Crippen molar-refractivity contribution in [3.63, 3.8) is 0 Å². The predicted molar refractivity (Wildman–Crippen MR) is 103 cm³/mol. The maximum atomic E-state index is 12.6. The van der Waals surface area contributed by atoms with Crippen LogP contribution >= 0.6 is 0 Å². The summed E-state index contributed by atoms with van der Waals surface area (Å²) < 4.78 is 1.45. The first kappa shape index (κ1) is 18.0. The number of hydrogen-bond acceptors (Lipinski definition) is 5. The second-order valence-electron chi connectivity index (χ2n) is 5.93. The van der Waals surface area contributed by atoms with Gasteiger partial charge in [-0.3, -0.25) is 24.6 Å². The fourth-order valence-corrected chi connectivity index (χ4v) is 2.52. The summed E-state index contributed by atoms with van der Waals surface area (Å²) in [5.41, 5.74) is 3.12. The number of nitro groups is 1. The van der Waals surface area contributed by atoms with Gasteiger partial charge in [0.05, 0.1) is 11.1 Å². The number of nitrogens with zero attached hydrogens (tertiary/aromatic N) is 4. The van der Waals surface area contributed by atoms with Gasteiger partial charge >= 0.3 is 0 Å². The summed E-state index contributed by atoms with van der Waals surface area (Å²) in [5, 5.41) is 17.6. The average molecular weight is 363 g/mol. The van der Waals surface area contributed by atoms with Crippen LogP contribution in [0.5, 0.6) is 0 Å². The van der Waals surface area contributed by atoms with Gasteiger partial charge < -0.3 is 5.32 Å². The van der Waals surface area contributed by atoms with Gasteiger partial charge in [0.2, 0.25) is 0 Å². The van der Waals surface area contributed by atoms with Crippen molar-refractivity contribution >= 4 is 29.2 Å². The summed E-state index contributed by atoms with van der Waals surface area (Å²) in [7, 11) is 1.66. The molecule has 0 bridgehead atoms. The van der Waals surface area contributed by atoms with E-state index in [4.69, 9.17) is 0 Å². The van der Waals surface area contributed by atoms with E-state index in [-0.39, 0.29) is 11.6 Å². The molecule has 1 aromatic heterocycles. The number of nitro benzene ring substituents is 1. The summed E-state index contributed by atoms with van der Waals surface area (Å²) in [4.78, 5) is 27.2. The number of hydrogen-bond donors (Lipinski definition) is 1. The number of carbonyl (C=O) groups is 1. The maximum absolute atomic E-state index is 12.6. The molecule has 1 amide bonds. The van der Waals surface area contributed by atoms with Crippen LogP contribution in [-0.4, -0.2) is 26.8 Å². The number of rotatable bonds is 5. The lowest BCUT2D eigenvalue weighted by Crippen LogP contribution is -2.16. The van der Waals surface area contributed by atoms with Crippen molar-refractivity contribution in [1.82, 2.24) is 9.78 Å². The topological polar surface area (TPSA) is 102 Å². The summed E-state index contributed by atoms with van der Waals surface area (Å²) >= 11 is 0. The van der Waals surface area contributed by atoms with Gasteiger partial charge in [0.25, 0.3) is 11.6 Å². The van der Waals surface area contributed by atoms with E-state index in [9.17, 15) is 14.9 Å². The van der Waals surface area contributed by atoms with Crippen LogP contribution in [0, 0.1) is 17.0 Å². The van der Waals surface area contributed by atoms with Crippen molar-refractivity contribution in [2.45, 2.75) is 6.92 Å². The van der Waals surface area contributed by atoms with Crippen LogP contribution in [0.15, 0.2) is 59.7 Å². The molecule has 3 rings (SSSR count). The van der Waals surface area contributed by atoms with Gasteiger partial charge in [0.15, 0.2) is 5.69 Å². The molecule has 136 valence electrons. The molecule has 0 aliphatic carbocycles. The first-order chi connectivity index (χ1) is 12.9. The molecular formula is C19H17N5O3. The Morgan fingerprint density at radius 3 is 2.67 bits per heavy atom. The molecule has 1 heterocycles. The van der Waals surface area contributed by atoms with E-state index >= 15 is 0 Å². The smallest absolute Gasteiger partial charge is 0.276 e. The quantitative estimate of drug-likeness (QED) is 0.425. The Morgan fingerprint density at radius 2 is 2.00 bits per heavy atom. The van der Waals surface area contributed by atoms with Gasteiger partial charge in [-0.2, -0.15) is 5.10 Å². The molecule has 0 radical (unpaired) electrons. The van der Waals surface area contributed by atoms with Crippen LogP contribution in [0.2, 0.25) is 0 Å². The molecule has 0 spiro atoms. The number of aryl methyl sites for hydroxylation is 2. The summed E-state index contributed by atoms with van der Waals surface area (Å²) in [6.07, 6.45) is 3.03. The second kappa shape index (κ2) is 7.61. The highest BCUT2D eigenvalue weighted by Crippen LogP contribution is 2.20. The molecule has 1 N–H and O–H groups in total. The summed E-state index contributed by atoms with van der Waals surface area (Å²) in [6.45, 7) is 1.94. The zero-order valence-electron chi connectivity index (χ0n) is 14.8. The number of non-ortho nitro benzene ring substituents is 1. The minimum Gasteiger partial charge on any atom is -0.321 e. The molecule has 2 aromatic carbocycles. The van der Waals surface area contributed by atoms with Crippen LogP contribution in [0.4, 0.5) is 17.1 Å². The monoisotopic (exact) mass is 363 g/mol. The van der Waals surface area contributed by atoms with Crippen LogP contribution in [0.1, 0.15) is 21.6 Å². The Balaban J connectivity index is 1.81. The zero-order chi connectivity index (χ0) is 19.4. The van der Waals surface area contributed by atoms with Crippen molar-refractivity contribution < 1.29 is 9.72 Å². The summed E-state index contributed by atoms with van der Waals surface area (Å²) in [5.74, 6) is -0.323. The highest BCUT2D eigenvalue weighted by molar-refractivity contribution is 6.06. The van der Waals surface area contributed by atoms with Gasteiger partial charge in [0, 0.05) is 31.1 Å². The molecule has 3 aromatic rings. The van der Waals surface area contributed by atoms with E-state index in [1.54, 1.807) is 25.2 Å². The number of carbonyl (C=O) groups excluding carboxylic acids is 1. The fourth-order valence-electron chi connectivity index (χ4n) is 2.52. The highest BCUT2D eigenvalue weighted by atomic mass is 16.6. The minimum atomic E-state index is -0.463. The maximum Gasteiger partial charge on any atom is 0.276 e. The van der Waals surface area contributed by atoms with Gasteiger partial charge in [-0.25, -0.2) is 0 Å². The molecule has 8 heteroatoms. The fraction of sp³-hybridized carbons (Fsp3) is 0.105. The van der Waals surface area contributed by atoms with E-state index in [2.05, 4.69) is 15.4 Å². The van der Waals surface area contributed by atoms with E-state index in [1.165, 1.54) is 29.2 Å². The van der Waals surface area contributed by atoms with E-state index < -0.39 is 4.92 Å². The highest BCUT2D eigenvalue weighted by Gasteiger charge is 2.16. The average Bonchev–Trinajstić information content (AvgIpc) is 3.01. The Labute approximate surface area is 155 Å². The van der Waals surface area contributed by atoms with Gasteiger partial charge in [-0.05, 0) is 42.3 Å². The zero-order valence-corrected chi connectivity index (χ0v) is 14.8. The third kappa shape index (κ3) is 4.24. The van der Waals surface area contributed by atoms with E-state index in [1.807, 2.05) is 25.1 Å². The van der Waals surface area contributed by atoms with Gasteiger partial charge in [0.1, 0.15) is 5.69 Å². The Bertz CT molecular complexity index is 1020. The lowest BCUT2D eigenvalue weighted by molar-refractivity contribution is -0.384. The van der Waals surface area contributed by atoms with Crippen LogP contribution < -0.4 is 5.32 Å². The van der Waals surface area contributed by atoms with Gasteiger partial charge in [-0.1, -0.05) is 12.1 Å². The molecule has 27 heavy (non-hydrogen) atoms. The molecular weight excluding hydrogens is 346 g/mol. The van der Waals surface area contributed by atoms with Crippen molar-refractivity contribution in [3.8, 4) is 0 Å². The SMILES string of the molecule is Cc1cccc(NC(=O)c2c(N=Cc3ccc([N+](=O)[O-])cc3)cnn2C)c1. The number of amides is 1. The molecule has 0 atom stereocenters. The first-order valence-corrected chi connectivity index (χ1v) is 8.12. The number of aromatic nitrogens is 2. The first-order valence-electron chi connectivity index (χ1n) is 8.12. The largest absolute Gasteiger partial charge is 0.321 e. The molecule has 0 aliphatic rings. The van der Waals surface area contributed by atoms with E-state index in [0.717, 1.165) is 5.56 Å². The van der Waals surface area contributed by atoms with Gasteiger partial charge in [-0.15, -0.1) is 0 Å². The Hall–Kier alpha value is -3.81. The molecule has 0 unspecified atom stereocenters. The number of aliphatic imine (C=N–C) groups is 1. The summed E-state index contributed by atoms with van der Waals surface area (Å²) in [6, 6.07) is 13.5. The van der Waals surface area contributed by atoms with Crippen molar-refractivity contribution in [3.05, 3.63) is 81.7 Å². The number of benzene rings is 2. The van der Waals surface area contributed by atoms with Crippen LogP contribution in [0.3, 0.4) is 0 Å². The third-order valence-corrected chi connectivity index (χ3v) is 3.87. The normalized spacial score (nSPS) is 10.9. The predicted octanol–water partition coefficient (Wildman–Crippen LogP) is 3.64.